The van der Waals surface area contributed by atoms with Crippen molar-refractivity contribution in [2.45, 2.75) is 63.5 Å². The third-order valence-corrected chi connectivity index (χ3v) is 7.68. The lowest BCUT2D eigenvalue weighted by Crippen LogP contribution is -2.45. The molecule has 0 saturated heterocycles. The zero-order valence-corrected chi connectivity index (χ0v) is 20.2. The van der Waals surface area contributed by atoms with Crippen LogP contribution in [-0.4, -0.2) is 31.4 Å². The van der Waals surface area contributed by atoms with Crippen molar-refractivity contribution in [1.82, 2.24) is 24.7 Å². The van der Waals surface area contributed by atoms with Crippen molar-refractivity contribution in [3.8, 4) is 11.3 Å². The minimum Gasteiger partial charge on any atom is -0.382 e. The van der Waals surface area contributed by atoms with Gasteiger partial charge in [0.25, 0.3) is 0 Å². The molecule has 0 atom stereocenters. The Kier molecular flexibility index (Phi) is 5.61. The smallest absolute Gasteiger partial charge is 0.150 e. The Morgan fingerprint density at radius 1 is 1.11 bits per heavy atom. The van der Waals surface area contributed by atoms with Crippen LogP contribution < -0.4 is 11.1 Å². The molecule has 0 spiro atoms. The molecule has 2 aliphatic carbocycles. The fraction of sp³-hybridized carbons (Fsp3) is 0.345. The number of nitrogens with two attached hydrogens (primary N) is 1. The Hall–Kier alpha value is -3.51. The maximum atomic E-state index is 6.40. The van der Waals surface area contributed by atoms with E-state index in [1.165, 1.54) is 25.7 Å². The van der Waals surface area contributed by atoms with Gasteiger partial charge in [0, 0.05) is 41.3 Å². The van der Waals surface area contributed by atoms with Gasteiger partial charge in [-0.1, -0.05) is 49.8 Å². The summed E-state index contributed by atoms with van der Waals surface area (Å²) < 4.78 is 2.15. The third kappa shape index (κ3) is 4.02. The number of nitrogens with one attached hydrogen (secondary N) is 1. The van der Waals surface area contributed by atoms with Crippen molar-refractivity contribution in [1.29, 1.82) is 0 Å². The molecule has 6 nitrogen and oxygen atoms in total. The highest BCUT2D eigenvalue weighted by Crippen LogP contribution is 2.40. The number of anilines is 1. The van der Waals surface area contributed by atoms with Gasteiger partial charge in [-0.15, -0.1) is 0 Å². The van der Waals surface area contributed by atoms with E-state index >= 15 is 0 Å². The molecule has 178 valence electrons. The number of nitrogen functional groups attached to an aromatic ring is 1. The number of benzene rings is 1. The Morgan fingerprint density at radius 3 is 2.71 bits per heavy atom. The first kappa shape index (κ1) is 22.0. The van der Waals surface area contributed by atoms with Crippen LogP contribution in [0.4, 0.5) is 5.82 Å². The van der Waals surface area contributed by atoms with Crippen molar-refractivity contribution < 1.29 is 0 Å². The summed E-state index contributed by atoms with van der Waals surface area (Å²) in [4.78, 5) is 14.5. The van der Waals surface area contributed by atoms with E-state index < -0.39 is 0 Å². The molecule has 4 aromatic rings. The summed E-state index contributed by atoms with van der Waals surface area (Å²) in [6, 6.07) is 11.8. The van der Waals surface area contributed by atoms with Crippen LogP contribution in [0.5, 0.6) is 0 Å². The lowest BCUT2D eigenvalue weighted by Gasteiger charge is -2.37. The van der Waals surface area contributed by atoms with Gasteiger partial charge in [-0.05, 0) is 50.3 Å². The molecule has 6 rings (SSSR count). The zero-order chi connectivity index (χ0) is 23.9. The first-order valence-corrected chi connectivity index (χ1v) is 12.7. The Balaban J connectivity index is 1.36. The standard InChI is InChI=1S/C29H32N6/c1-3-6-18(2)24-12-11-19-9-10-20(17-25(19)33-24)26-27-28(30)31-13-14-35(27)29(34-26)21-15-23(16-21)32-22-7-4-5-8-22/h3,6,9-14,17,21-23,32H,1,4-5,7-8,15-16H2,2H3,(H2,30,31)/b18-6+. The highest BCUT2D eigenvalue weighted by atomic mass is 15.1. The Labute approximate surface area is 206 Å². The van der Waals surface area contributed by atoms with Gasteiger partial charge in [-0.2, -0.15) is 0 Å². The number of fused-ring (bicyclic) bond motifs is 2. The van der Waals surface area contributed by atoms with Gasteiger partial charge in [-0.25, -0.2) is 15.0 Å². The number of imidazole rings is 1. The first-order valence-electron chi connectivity index (χ1n) is 12.7. The van der Waals surface area contributed by atoms with Crippen LogP contribution in [0.3, 0.4) is 0 Å². The number of hydrogen-bond donors (Lipinski definition) is 2. The van der Waals surface area contributed by atoms with E-state index in [0.29, 0.717) is 23.8 Å². The summed E-state index contributed by atoms with van der Waals surface area (Å²) in [6.07, 6.45) is 15.1. The molecular weight excluding hydrogens is 432 g/mol. The van der Waals surface area contributed by atoms with Gasteiger partial charge in [-0.3, -0.25) is 4.40 Å². The van der Waals surface area contributed by atoms with Crippen molar-refractivity contribution in [2.75, 3.05) is 5.73 Å². The normalized spacial score (nSPS) is 21.0. The largest absolute Gasteiger partial charge is 0.382 e. The number of pyridine rings is 1. The Morgan fingerprint density at radius 2 is 1.91 bits per heavy atom. The number of nitrogens with zero attached hydrogens (tertiary/aromatic N) is 4. The number of aromatic nitrogens is 4. The molecule has 0 bridgehead atoms. The van der Waals surface area contributed by atoms with Crippen LogP contribution in [0.25, 0.3) is 33.3 Å². The highest BCUT2D eigenvalue weighted by molar-refractivity contribution is 5.91. The maximum absolute atomic E-state index is 6.40. The number of hydrogen-bond acceptors (Lipinski definition) is 5. The highest BCUT2D eigenvalue weighted by Gasteiger charge is 2.35. The quantitative estimate of drug-likeness (QED) is 0.348. The van der Waals surface area contributed by atoms with Crippen molar-refractivity contribution >= 4 is 27.8 Å². The van der Waals surface area contributed by atoms with Gasteiger partial charge in [0.2, 0.25) is 0 Å². The first-order chi connectivity index (χ1) is 17.1. The summed E-state index contributed by atoms with van der Waals surface area (Å²) in [5, 5.41) is 4.96. The van der Waals surface area contributed by atoms with E-state index in [1.807, 2.05) is 12.3 Å². The van der Waals surface area contributed by atoms with Crippen LogP contribution in [0.2, 0.25) is 0 Å². The van der Waals surface area contributed by atoms with E-state index in [0.717, 1.165) is 57.6 Å². The fourth-order valence-corrected chi connectivity index (χ4v) is 5.71. The molecule has 2 aliphatic rings. The second-order valence-corrected chi connectivity index (χ2v) is 10.1. The summed E-state index contributed by atoms with van der Waals surface area (Å²) in [5.41, 5.74) is 12.1. The third-order valence-electron chi connectivity index (χ3n) is 7.68. The lowest BCUT2D eigenvalue weighted by molar-refractivity contribution is 0.257. The molecule has 6 heteroatoms. The van der Waals surface area contributed by atoms with Crippen molar-refractivity contribution in [3.63, 3.8) is 0 Å². The van der Waals surface area contributed by atoms with Crippen molar-refractivity contribution in [3.05, 3.63) is 73.0 Å². The minimum atomic E-state index is 0.425. The topological polar surface area (TPSA) is 81.1 Å². The molecule has 3 heterocycles. The molecule has 0 radical (unpaired) electrons. The minimum absolute atomic E-state index is 0.425. The Bertz CT molecular complexity index is 1440. The van der Waals surface area contributed by atoms with Gasteiger partial charge in [0.1, 0.15) is 22.9 Å². The van der Waals surface area contributed by atoms with Gasteiger partial charge < -0.3 is 11.1 Å². The van der Waals surface area contributed by atoms with E-state index in [4.69, 9.17) is 15.7 Å². The van der Waals surface area contributed by atoms with Crippen LogP contribution >= 0.6 is 0 Å². The SMILES string of the molecule is C=C/C=C(\C)c1ccc2ccc(-c3nc(C4CC(NC5CCCC5)C4)n4ccnc(N)c34)cc2n1. The molecule has 35 heavy (non-hydrogen) atoms. The molecule has 0 amide bonds. The van der Waals surface area contributed by atoms with Crippen molar-refractivity contribution in [2.24, 2.45) is 0 Å². The number of rotatable bonds is 6. The van der Waals surface area contributed by atoms with Gasteiger partial charge in [0.15, 0.2) is 0 Å². The van der Waals surface area contributed by atoms with E-state index in [9.17, 15) is 0 Å². The van der Waals surface area contributed by atoms with Gasteiger partial charge >= 0.3 is 0 Å². The van der Waals surface area contributed by atoms with Crippen LogP contribution in [0, 0.1) is 0 Å². The fourth-order valence-electron chi connectivity index (χ4n) is 5.71. The average Bonchev–Trinajstić information content (AvgIpc) is 3.49. The van der Waals surface area contributed by atoms with E-state index in [-0.39, 0.29) is 0 Å². The molecule has 3 N–H and O–H groups in total. The molecule has 2 fully saturated rings. The predicted molar refractivity (Wildman–Crippen MR) is 143 cm³/mol. The summed E-state index contributed by atoms with van der Waals surface area (Å²) in [6.45, 7) is 5.85. The molecular formula is C29H32N6. The molecule has 0 unspecified atom stereocenters. The molecule has 2 saturated carbocycles. The maximum Gasteiger partial charge on any atom is 0.150 e. The van der Waals surface area contributed by atoms with E-state index in [2.05, 4.69) is 58.5 Å². The number of allylic oxidation sites excluding steroid dienone is 3. The summed E-state index contributed by atoms with van der Waals surface area (Å²) in [5.74, 6) is 2.02. The monoisotopic (exact) mass is 464 g/mol. The predicted octanol–water partition coefficient (Wildman–Crippen LogP) is 5.89. The summed E-state index contributed by atoms with van der Waals surface area (Å²) >= 11 is 0. The second-order valence-electron chi connectivity index (χ2n) is 10.1. The molecule has 3 aromatic heterocycles. The summed E-state index contributed by atoms with van der Waals surface area (Å²) in [7, 11) is 0. The average molecular weight is 465 g/mol. The van der Waals surface area contributed by atoms with Crippen LogP contribution in [0.15, 0.2) is 61.5 Å². The van der Waals surface area contributed by atoms with E-state index in [1.54, 1.807) is 12.3 Å². The van der Waals surface area contributed by atoms with Crippen LogP contribution in [0.1, 0.15) is 62.9 Å². The second kappa shape index (κ2) is 8.93. The lowest BCUT2D eigenvalue weighted by atomic mass is 9.79. The molecule has 0 aliphatic heterocycles. The van der Waals surface area contributed by atoms with Crippen LogP contribution in [-0.2, 0) is 0 Å². The van der Waals surface area contributed by atoms with Gasteiger partial charge in [0.05, 0.1) is 11.2 Å². The molecule has 1 aromatic carbocycles. The zero-order valence-electron chi connectivity index (χ0n) is 20.2.